The quantitative estimate of drug-likeness (QED) is 0.585. The highest BCUT2D eigenvalue weighted by atomic mass is 19.1. The summed E-state index contributed by atoms with van der Waals surface area (Å²) in [6.07, 6.45) is 4.28. The summed E-state index contributed by atoms with van der Waals surface area (Å²) in [5.74, 6) is 0.157. The Balaban J connectivity index is 1.59. The molecule has 0 spiro atoms. The van der Waals surface area contributed by atoms with Gasteiger partial charge in [0.1, 0.15) is 11.9 Å². The Kier molecular flexibility index (Phi) is 3.16. The third-order valence-electron chi connectivity index (χ3n) is 4.70. The third-order valence-corrected chi connectivity index (χ3v) is 4.70. The van der Waals surface area contributed by atoms with Crippen LogP contribution in [0, 0.1) is 23.6 Å². The number of nitrogens with zero attached hydrogens (tertiary/aromatic N) is 3. The maximum atomic E-state index is 13.3. The number of hydrogen-bond donors (Lipinski definition) is 1. The Morgan fingerprint density at radius 2 is 2.12 bits per heavy atom. The molecule has 0 fully saturated rings. The van der Waals surface area contributed by atoms with Gasteiger partial charge in [0.2, 0.25) is 5.82 Å². The van der Waals surface area contributed by atoms with Crippen molar-refractivity contribution in [2.75, 3.05) is 0 Å². The molecule has 0 saturated carbocycles. The molecule has 1 N–H and O–H groups in total. The van der Waals surface area contributed by atoms with E-state index in [1.54, 1.807) is 0 Å². The molecule has 0 unspecified atom stereocenters. The van der Waals surface area contributed by atoms with E-state index in [0.29, 0.717) is 11.4 Å². The molecule has 0 saturated heterocycles. The number of nitriles is 1. The molecule has 1 aliphatic rings. The maximum absolute atomic E-state index is 13.3. The van der Waals surface area contributed by atoms with Crippen LogP contribution < -0.4 is 0 Å². The lowest BCUT2D eigenvalue weighted by Crippen LogP contribution is -1.87. The SMILES string of the molecule is N#Cc1cc(F)ccc1-c1nc(-c2ccc3[nH]c4c(c3c2)CC[CH]4)no1. The minimum Gasteiger partial charge on any atom is -0.358 e. The first-order chi connectivity index (χ1) is 12.7. The normalized spacial score (nSPS) is 13.1. The molecule has 4 aromatic rings. The monoisotopic (exact) mass is 343 g/mol. The fraction of sp³-hybridized carbons (Fsp3) is 0.100. The topological polar surface area (TPSA) is 78.5 Å². The van der Waals surface area contributed by atoms with Crippen molar-refractivity contribution in [2.24, 2.45) is 0 Å². The first kappa shape index (κ1) is 14.8. The van der Waals surface area contributed by atoms with Crippen molar-refractivity contribution < 1.29 is 8.91 Å². The summed E-state index contributed by atoms with van der Waals surface area (Å²) in [5, 5.41) is 14.4. The highest BCUT2D eigenvalue weighted by Gasteiger charge is 2.19. The van der Waals surface area contributed by atoms with Crippen molar-refractivity contribution in [3.63, 3.8) is 0 Å². The Hall–Kier alpha value is -3.46. The molecule has 5 nitrogen and oxygen atoms in total. The van der Waals surface area contributed by atoms with Crippen LogP contribution in [0.5, 0.6) is 0 Å². The predicted octanol–water partition coefficient (Wildman–Crippen LogP) is 4.39. The van der Waals surface area contributed by atoms with Gasteiger partial charge >= 0.3 is 0 Å². The minimum absolute atomic E-state index is 0.162. The highest BCUT2D eigenvalue weighted by Crippen LogP contribution is 2.33. The molecular formula is C20H12FN4O. The summed E-state index contributed by atoms with van der Waals surface area (Å²) < 4.78 is 18.6. The Bertz CT molecular complexity index is 1200. The fourth-order valence-electron chi connectivity index (χ4n) is 3.46. The van der Waals surface area contributed by atoms with Gasteiger partial charge in [0.25, 0.3) is 5.89 Å². The van der Waals surface area contributed by atoms with Crippen molar-refractivity contribution in [1.82, 2.24) is 15.1 Å². The average molecular weight is 343 g/mol. The zero-order valence-electron chi connectivity index (χ0n) is 13.6. The Morgan fingerprint density at radius 1 is 1.19 bits per heavy atom. The van der Waals surface area contributed by atoms with E-state index < -0.39 is 5.82 Å². The van der Waals surface area contributed by atoms with Crippen LogP contribution in [0.2, 0.25) is 0 Å². The summed E-state index contributed by atoms with van der Waals surface area (Å²) in [7, 11) is 0. The smallest absolute Gasteiger partial charge is 0.259 e. The lowest BCUT2D eigenvalue weighted by atomic mass is 10.1. The molecule has 5 rings (SSSR count). The fourth-order valence-corrected chi connectivity index (χ4v) is 3.46. The van der Waals surface area contributed by atoms with Crippen LogP contribution in [0.25, 0.3) is 33.7 Å². The molecule has 26 heavy (non-hydrogen) atoms. The lowest BCUT2D eigenvalue weighted by Gasteiger charge is -1.98. The second-order valence-corrected chi connectivity index (χ2v) is 6.25. The highest BCUT2D eigenvalue weighted by molar-refractivity contribution is 5.89. The summed E-state index contributed by atoms with van der Waals surface area (Å²) in [5.41, 5.74) is 5.01. The number of nitrogens with one attached hydrogen (secondary N) is 1. The van der Waals surface area contributed by atoms with Gasteiger partial charge in [0.05, 0.1) is 11.1 Å². The summed E-state index contributed by atoms with van der Waals surface area (Å²) in [6.45, 7) is 0. The average Bonchev–Trinajstić information content (AvgIpc) is 3.37. The zero-order chi connectivity index (χ0) is 17.7. The van der Waals surface area contributed by atoms with E-state index in [0.717, 1.165) is 35.4 Å². The van der Waals surface area contributed by atoms with Crippen LogP contribution in [-0.2, 0) is 6.42 Å². The lowest BCUT2D eigenvalue weighted by molar-refractivity contribution is 0.432. The second kappa shape index (κ2) is 5.53. The van der Waals surface area contributed by atoms with Crippen molar-refractivity contribution in [1.29, 1.82) is 5.26 Å². The number of halogens is 1. The van der Waals surface area contributed by atoms with E-state index in [2.05, 4.69) is 21.5 Å². The van der Waals surface area contributed by atoms with Gasteiger partial charge in [-0.2, -0.15) is 10.2 Å². The molecule has 1 radical (unpaired) electrons. The van der Waals surface area contributed by atoms with Gasteiger partial charge in [-0.1, -0.05) is 5.16 Å². The molecule has 2 aromatic carbocycles. The van der Waals surface area contributed by atoms with Gasteiger partial charge in [0.15, 0.2) is 0 Å². The number of aromatic nitrogens is 3. The van der Waals surface area contributed by atoms with E-state index in [-0.39, 0.29) is 11.5 Å². The van der Waals surface area contributed by atoms with Gasteiger partial charge in [0, 0.05) is 28.6 Å². The largest absolute Gasteiger partial charge is 0.358 e. The van der Waals surface area contributed by atoms with E-state index >= 15 is 0 Å². The first-order valence-corrected chi connectivity index (χ1v) is 8.25. The van der Waals surface area contributed by atoms with Gasteiger partial charge in [-0.3, -0.25) is 0 Å². The molecule has 0 aliphatic heterocycles. The van der Waals surface area contributed by atoms with Gasteiger partial charge in [-0.05, 0) is 54.8 Å². The number of aryl methyl sites for hydroxylation is 1. The van der Waals surface area contributed by atoms with Gasteiger partial charge < -0.3 is 9.51 Å². The van der Waals surface area contributed by atoms with Gasteiger partial charge in [-0.25, -0.2) is 4.39 Å². The molecule has 0 atom stereocenters. The number of hydrogen-bond acceptors (Lipinski definition) is 4. The number of benzene rings is 2. The van der Waals surface area contributed by atoms with Crippen molar-refractivity contribution in [2.45, 2.75) is 12.8 Å². The summed E-state index contributed by atoms with van der Waals surface area (Å²) in [4.78, 5) is 7.82. The van der Waals surface area contributed by atoms with E-state index in [1.807, 2.05) is 24.3 Å². The van der Waals surface area contributed by atoms with Crippen LogP contribution >= 0.6 is 0 Å². The molecule has 0 amide bonds. The third kappa shape index (κ3) is 2.21. The minimum atomic E-state index is -0.478. The number of aromatic amines is 1. The van der Waals surface area contributed by atoms with Crippen LogP contribution in [0.4, 0.5) is 4.39 Å². The standard InChI is InChI=1S/C20H12FN4O/c21-13-5-6-14(12(8-13)10-22)20-24-19(25-26-20)11-4-7-18-16(9-11)15-2-1-3-17(15)23-18/h3-9,23H,1-2H2. The van der Waals surface area contributed by atoms with E-state index in [4.69, 9.17) is 4.52 Å². The van der Waals surface area contributed by atoms with E-state index in [1.165, 1.54) is 23.4 Å². The molecule has 0 bridgehead atoms. The predicted molar refractivity (Wildman–Crippen MR) is 93.4 cm³/mol. The second-order valence-electron chi connectivity index (χ2n) is 6.25. The Morgan fingerprint density at radius 3 is 3.00 bits per heavy atom. The van der Waals surface area contributed by atoms with Crippen LogP contribution in [0.1, 0.15) is 23.2 Å². The summed E-state index contributed by atoms with van der Waals surface area (Å²) in [6, 6.07) is 11.8. The number of rotatable bonds is 2. The number of H-pyrrole nitrogens is 1. The molecule has 1 aliphatic carbocycles. The van der Waals surface area contributed by atoms with Gasteiger partial charge in [-0.15, -0.1) is 0 Å². The van der Waals surface area contributed by atoms with Crippen molar-refractivity contribution in [3.8, 4) is 28.9 Å². The first-order valence-electron chi connectivity index (χ1n) is 8.25. The van der Waals surface area contributed by atoms with Crippen LogP contribution in [0.15, 0.2) is 40.9 Å². The van der Waals surface area contributed by atoms with Crippen molar-refractivity contribution in [3.05, 3.63) is 65.5 Å². The number of fused-ring (bicyclic) bond motifs is 3. The molecule has 2 heterocycles. The van der Waals surface area contributed by atoms with Crippen molar-refractivity contribution >= 4 is 10.9 Å². The zero-order valence-corrected chi connectivity index (χ0v) is 13.6. The summed E-state index contributed by atoms with van der Waals surface area (Å²) >= 11 is 0. The van der Waals surface area contributed by atoms with E-state index in [9.17, 15) is 9.65 Å². The molecular weight excluding hydrogens is 331 g/mol. The Labute approximate surface area is 148 Å². The maximum Gasteiger partial charge on any atom is 0.259 e. The molecule has 125 valence electrons. The van der Waals surface area contributed by atoms with Crippen LogP contribution in [-0.4, -0.2) is 15.1 Å². The molecule has 6 heteroatoms. The van der Waals surface area contributed by atoms with Crippen LogP contribution in [0.3, 0.4) is 0 Å². The molecule has 2 aromatic heterocycles.